The second-order valence-electron chi connectivity index (χ2n) is 8.52. The van der Waals surface area contributed by atoms with E-state index in [9.17, 15) is 14.7 Å². The van der Waals surface area contributed by atoms with Crippen molar-refractivity contribution in [2.45, 2.75) is 75.3 Å². The van der Waals surface area contributed by atoms with Crippen LogP contribution < -0.4 is 0 Å². The molecule has 0 radical (unpaired) electrons. The van der Waals surface area contributed by atoms with E-state index in [2.05, 4.69) is 6.92 Å². The highest BCUT2D eigenvalue weighted by molar-refractivity contribution is 8.93. The molecule has 7 heteroatoms. The lowest BCUT2D eigenvalue weighted by molar-refractivity contribution is -0.886. The topological polar surface area (TPSA) is 76.1 Å². The van der Waals surface area contributed by atoms with E-state index < -0.39 is 5.92 Å². The molecule has 1 aromatic carbocycles. The standard InChI is InChI=1S/C22H30NO5.BrH/c1-3-4-10-19(25)23(2)17-11-15(12-18(23)21-20(17)28-21)27-22(26)16(13-24)14-8-6-5-7-9-14;/h5-9,15-18,20-21,24H,3-4,10-13H2,1-2H3;1H/q+1;. The van der Waals surface area contributed by atoms with E-state index in [4.69, 9.17) is 9.47 Å². The number of hydrogen-bond acceptors (Lipinski definition) is 5. The molecule has 3 aliphatic heterocycles. The molecular weight excluding hydrogens is 438 g/mol. The van der Waals surface area contributed by atoms with Crippen molar-refractivity contribution in [2.75, 3.05) is 13.7 Å². The Kier molecular flexibility index (Phi) is 6.83. The van der Waals surface area contributed by atoms with Crippen molar-refractivity contribution in [1.29, 1.82) is 0 Å². The fraction of sp³-hybridized carbons (Fsp3) is 0.636. The van der Waals surface area contributed by atoms with Crippen molar-refractivity contribution in [1.82, 2.24) is 0 Å². The van der Waals surface area contributed by atoms with E-state index in [-0.39, 0.29) is 65.9 Å². The van der Waals surface area contributed by atoms with E-state index in [1.54, 1.807) is 0 Å². The number of ether oxygens (including phenoxy) is 2. The molecule has 0 aromatic heterocycles. The van der Waals surface area contributed by atoms with E-state index in [0.717, 1.165) is 18.4 Å². The number of piperidine rings is 1. The smallest absolute Gasteiger partial charge is 0.316 e. The third-order valence-corrected chi connectivity index (χ3v) is 6.94. The highest BCUT2D eigenvalue weighted by Crippen LogP contribution is 2.53. The highest BCUT2D eigenvalue weighted by atomic mass is 79.9. The predicted molar refractivity (Wildman–Crippen MR) is 113 cm³/mol. The molecule has 4 rings (SSSR count). The van der Waals surface area contributed by atoms with Gasteiger partial charge >= 0.3 is 11.9 Å². The van der Waals surface area contributed by atoms with Gasteiger partial charge in [0.05, 0.1) is 20.1 Å². The first kappa shape index (κ1) is 22.4. The van der Waals surface area contributed by atoms with Crippen molar-refractivity contribution < 1.29 is 28.7 Å². The van der Waals surface area contributed by atoms with Gasteiger partial charge in [0, 0.05) is 12.8 Å². The molecule has 160 valence electrons. The minimum atomic E-state index is -0.668. The molecule has 1 aromatic rings. The molecule has 1 N–H and O–H groups in total. The van der Waals surface area contributed by atoms with Gasteiger partial charge < -0.3 is 14.6 Å². The number of likely N-dealkylation sites (N-methyl/N-ethyl adjacent to an activating group) is 1. The first-order valence-corrected chi connectivity index (χ1v) is 10.4. The first-order valence-electron chi connectivity index (χ1n) is 10.4. The van der Waals surface area contributed by atoms with Gasteiger partial charge in [-0.3, -0.25) is 9.28 Å². The summed E-state index contributed by atoms with van der Waals surface area (Å²) in [6.07, 6.45) is 3.82. The number of amides is 1. The third-order valence-electron chi connectivity index (χ3n) is 6.94. The molecule has 5 unspecified atom stereocenters. The zero-order valence-corrected chi connectivity index (χ0v) is 18.7. The lowest BCUT2D eigenvalue weighted by Crippen LogP contribution is -2.65. The number of hydrogen-bond donors (Lipinski definition) is 1. The number of esters is 1. The maximum atomic E-state index is 12.9. The monoisotopic (exact) mass is 468 g/mol. The summed E-state index contributed by atoms with van der Waals surface area (Å²) < 4.78 is 12.1. The zero-order valence-electron chi connectivity index (χ0n) is 17.0. The summed E-state index contributed by atoms with van der Waals surface area (Å²) in [5.74, 6) is -0.769. The molecule has 0 saturated carbocycles. The number of aliphatic hydroxyl groups excluding tert-OH is 1. The van der Waals surface area contributed by atoms with Crippen LogP contribution >= 0.6 is 17.0 Å². The molecule has 6 nitrogen and oxygen atoms in total. The van der Waals surface area contributed by atoms with Crippen LogP contribution in [0.4, 0.5) is 0 Å². The third kappa shape index (κ3) is 3.90. The Morgan fingerprint density at radius 3 is 2.38 bits per heavy atom. The van der Waals surface area contributed by atoms with E-state index in [1.165, 1.54) is 0 Å². The number of aliphatic hydroxyl groups is 1. The van der Waals surface area contributed by atoms with Crippen LogP contribution in [0, 0.1) is 0 Å². The van der Waals surface area contributed by atoms with Gasteiger partial charge in [0.2, 0.25) is 0 Å². The number of fused-ring (bicyclic) bond motifs is 5. The largest absolute Gasteiger partial charge is 0.461 e. The Morgan fingerprint density at radius 2 is 1.83 bits per heavy atom. The molecule has 1 amide bonds. The Morgan fingerprint density at radius 1 is 1.21 bits per heavy atom. The van der Waals surface area contributed by atoms with Crippen molar-refractivity contribution in [2.24, 2.45) is 0 Å². The minimum Gasteiger partial charge on any atom is -0.461 e. The average Bonchev–Trinajstić information content (AvgIpc) is 3.46. The SMILES string of the molecule is Br.CCCCC(=O)[N+]1(C)C2CC(OC(=O)C(CO)c3ccccc3)CC1C1OC12. The number of halogens is 1. The number of unbranched alkanes of at least 4 members (excludes halogenated alkanes) is 1. The predicted octanol–water partition coefficient (Wildman–Crippen LogP) is 2.73. The van der Waals surface area contributed by atoms with Gasteiger partial charge in [0.1, 0.15) is 36.3 Å². The number of rotatable bonds is 7. The summed E-state index contributed by atoms with van der Waals surface area (Å²) in [5, 5.41) is 9.71. The Balaban J connectivity index is 0.00000240. The van der Waals surface area contributed by atoms with Crippen LogP contribution in [-0.2, 0) is 19.1 Å². The number of morpholine rings is 1. The summed E-state index contributed by atoms with van der Waals surface area (Å²) in [5.41, 5.74) is 0.760. The number of carbonyl (C=O) groups is 2. The maximum Gasteiger partial charge on any atom is 0.316 e. The summed E-state index contributed by atoms with van der Waals surface area (Å²) in [6, 6.07) is 9.36. The lowest BCUT2D eigenvalue weighted by atomic mass is 9.94. The molecule has 3 fully saturated rings. The first-order chi connectivity index (χ1) is 13.5. The van der Waals surface area contributed by atoms with Crippen LogP contribution in [0.1, 0.15) is 50.5 Å². The number of nitrogens with zero attached hydrogens (tertiary/aromatic N) is 1. The number of benzene rings is 1. The Labute approximate surface area is 182 Å². The molecule has 3 aliphatic rings. The van der Waals surface area contributed by atoms with Crippen molar-refractivity contribution in [3.63, 3.8) is 0 Å². The molecule has 5 atom stereocenters. The van der Waals surface area contributed by atoms with Crippen LogP contribution in [0.25, 0.3) is 0 Å². The average molecular weight is 469 g/mol. The second-order valence-corrected chi connectivity index (χ2v) is 8.52. The van der Waals surface area contributed by atoms with Gasteiger partial charge in [-0.2, -0.15) is 0 Å². The van der Waals surface area contributed by atoms with E-state index in [1.807, 2.05) is 37.4 Å². The minimum absolute atomic E-state index is 0. The summed E-state index contributed by atoms with van der Waals surface area (Å²) in [4.78, 5) is 25.7. The van der Waals surface area contributed by atoms with Crippen molar-refractivity contribution in [3.8, 4) is 0 Å². The van der Waals surface area contributed by atoms with Gasteiger partial charge in [-0.05, 0) is 12.0 Å². The number of quaternary nitrogens is 1. The quantitative estimate of drug-likeness (QED) is 0.378. The number of epoxide rings is 1. The van der Waals surface area contributed by atoms with Crippen LogP contribution in [0.5, 0.6) is 0 Å². The number of carbonyl (C=O) groups excluding carboxylic acids is 2. The van der Waals surface area contributed by atoms with Gasteiger partial charge in [-0.25, -0.2) is 4.79 Å². The van der Waals surface area contributed by atoms with Crippen LogP contribution in [0.2, 0.25) is 0 Å². The molecule has 0 spiro atoms. The van der Waals surface area contributed by atoms with Gasteiger partial charge in [0.15, 0.2) is 0 Å². The summed E-state index contributed by atoms with van der Waals surface area (Å²) >= 11 is 0. The summed E-state index contributed by atoms with van der Waals surface area (Å²) in [6.45, 7) is 1.82. The van der Waals surface area contributed by atoms with Crippen molar-refractivity contribution in [3.05, 3.63) is 35.9 Å². The second kappa shape index (κ2) is 8.84. The van der Waals surface area contributed by atoms with Gasteiger partial charge in [0.25, 0.3) is 0 Å². The van der Waals surface area contributed by atoms with Gasteiger partial charge in [-0.15, -0.1) is 17.0 Å². The van der Waals surface area contributed by atoms with Crippen LogP contribution in [0.15, 0.2) is 30.3 Å². The van der Waals surface area contributed by atoms with Crippen molar-refractivity contribution >= 4 is 28.9 Å². The fourth-order valence-corrected chi connectivity index (χ4v) is 5.24. The van der Waals surface area contributed by atoms with Crippen LogP contribution in [0.3, 0.4) is 0 Å². The zero-order chi connectivity index (χ0) is 19.9. The molecule has 2 bridgehead atoms. The molecule has 0 aliphatic carbocycles. The molecule has 29 heavy (non-hydrogen) atoms. The van der Waals surface area contributed by atoms with E-state index in [0.29, 0.717) is 23.7 Å². The Bertz CT molecular complexity index is 724. The normalized spacial score (nSPS) is 35.2. The summed E-state index contributed by atoms with van der Waals surface area (Å²) in [7, 11) is 2.04. The fourth-order valence-electron chi connectivity index (χ4n) is 5.24. The van der Waals surface area contributed by atoms with E-state index >= 15 is 0 Å². The lowest BCUT2D eigenvalue weighted by Gasteiger charge is -2.46. The van der Waals surface area contributed by atoms with Crippen LogP contribution in [-0.4, -0.2) is 65.5 Å². The maximum absolute atomic E-state index is 12.9. The van der Waals surface area contributed by atoms with Gasteiger partial charge in [-0.1, -0.05) is 43.7 Å². The molecule has 3 heterocycles. The highest BCUT2D eigenvalue weighted by Gasteiger charge is 2.74. The molecular formula is C22H31BrNO5+. The Hall–Kier alpha value is -1.28. The molecule has 3 saturated heterocycles.